The first-order chi connectivity index (χ1) is 14.9. The maximum atomic E-state index is 13.3. The molecule has 0 aliphatic carbocycles. The molecule has 0 atom stereocenters. The number of benzene rings is 3. The fourth-order valence-electron chi connectivity index (χ4n) is 3.25. The Kier molecular flexibility index (Phi) is 1.93. The number of aryl methyl sites for hydroxylation is 2. The average Bonchev–Trinajstić information content (AvgIpc) is 2.71. The zero-order valence-corrected chi connectivity index (χ0v) is 13.3. The van der Waals surface area contributed by atoms with Crippen LogP contribution in [0.1, 0.15) is 19.4 Å². The van der Waals surface area contributed by atoms with Gasteiger partial charge in [0.05, 0.1) is 16.2 Å². The Morgan fingerprint density at radius 1 is 0.692 bits per heavy atom. The lowest BCUT2D eigenvalue weighted by Crippen LogP contribution is -2.07. The molecule has 3 aromatic carbocycles. The minimum Gasteiger partial charge on any atom is -0.456 e. The van der Waals surface area contributed by atoms with Crippen LogP contribution in [0.25, 0.3) is 43.9 Å². The summed E-state index contributed by atoms with van der Waals surface area (Å²) in [6.07, 6.45) is 0. The van der Waals surface area contributed by atoms with Gasteiger partial charge < -0.3 is 8.83 Å². The highest BCUT2D eigenvalue weighted by atomic mass is 16.3. The van der Waals surface area contributed by atoms with Gasteiger partial charge in [0.2, 0.25) is 10.9 Å². The van der Waals surface area contributed by atoms with Crippen LogP contribution in [0, 0.1) is 13.7 Å². The maximum Gasteiger partial charge on any atom is 0.204 e. The molecule has 5 aromatic rings. The third kappa shape index (κ3) is 1.96. The molecule has 126 valence electrons. The minimum atomic E-state index is -2.39. The summed E-state index contributed by atoms with van der Waals surface area (Å²) >= 11 is 0. The molecule has 0 spiro atoms. The van der Waals surface area contributed by atoms with Gasteiger partial charge in [0, 0.05) is 8.22 Å². The normalized spacial score (nSPS) is 16.2. The summed E-state index contributed by atoms with van der Waals surface area (Å²) in [5, 5.41) is 0.502. The number of hydrogen-bond donors (Lipinski definition) is 0. The molecule has 4 heteroatoms. The van der Waals surface area contributed by atoms with E-state index in [9.17, 15) is 9.59 Å². The smallest absolute Gasteiger partial charge is 0.204 e. The summed E-state index contributed by atoms with van der Waals surface area (Å²) < 4.78 is 57.1. The van der Waals surface area contributed by atoms with E-state index in [0.717, 1.165) is 0 Å². The molecule has 0 radical (unpaired) electrons. The first-order valence-corrected chi connectivity index (χ1v) is 7.86. The highest BCUT2D eigenvalue weighted by Crippen LogP contribution is 2.27. The Bertz CT molecular complexity index is 1690. The fraction of sp³-hybridized carbons (Fsp3) is 0.0909. The van der Waals surface area contributed by atoms with Crippen LogP contribution in [0.2, 0.25) is 0 Å². The second-order valence-electron chi connectivity index (χ2n) is 6.10. The highest BCUT2D eigenvalue weighted by molar-refractivity contribution is 6.07. The van der Waals surface area contributed by atoms with Gasteiger partial charge in [0.15, 0.2) is 5.58 Å². The minimum absolute atomic E-state index is 0.00224. The fourth-order valence-corrected chi connectivity index (χ4v) is 3.25. The SMILES string of the molecule is [2H]C([2H])([2H])c1ccc2c(=O)c3ccc4oc5cc(C([2H])([2H])[2H])ccc5c(=O)c4c3oc2c1. The first-order valence-electron chi connectivity index (χ1n) is 10.9. The van der Waals surface area contributed by atoms with E-state index in [1.807, 2.05) is 0 Å². The molecule has 26 heavy (non-hydrogen) atoms. The lowest BCUT2D eigenvalue weighted by atomic mass is 10.1. The third-order valence-electron chi connectivity index (χ3n) is 4.48. The summed E-state index contributed by atoms with van der Waals surface area (Å²) in [4.78, 5) is 26.3. The van der Waals surface area contributed by atoms with Crippen LogP contribution in [0.3, 0.4) is 0 Å². The van der Waals surface area contributed by atoms with E-state index in [2.05, 4.69) is 0 Å². The van der Waals surface area contributed by atoms with Gasteiger partial charge >= 0.3 is 0 Å². The molecule has 0 amide bonds. The predicted octanol–water partition coefficient (Wildman–Crippen LogP) is 4.82. The van der Waals surface area contributed by atoms with Crippen molar-refractivity contribution < 1.29 is 17.1 Å². The quantitative estimate of drug-likeness (QED) is 0.297. The topological polar surface area (TPSA) is 60.4 Å². The number of rotatable bonds is 0. The van der Waals surface area contributed by atoms with Crippen LogP contribution in [0.15, 0.2) is 67.0 Å². The summed E-state index contributed by atoms with van der Waals surface area (Å²) in [6.45, 7) is -4.76. The predicted molar refractivity (Wildman–Crippen MR) is 103 cm³/mol. The van der Waals surface area contributed by atoms with Crippen molar-refractivity contribution >= 4 is 43.9 Å². The molecule has 2 aromatic heterocycles. The van der Waals surface area contributed by atoms with Gasteiger partial charge in [-0.1, -0.05) is 12.1 Å². The Labute approximate surface area is 155 Å². The van der Waals surface area contributed by atoms with Crippen LogP contribution in [0.5, 0.6) is 0 Å². The molecule has 0 aliphatic rings. The largest absolute Gasteiger partial charge is 0.456 e. The van der Waals surface area contributed by atoms with Gasteiger partial charge in [0.25, 0.3) is 0 Å². The molecule has 4 nitrogen and oxygen atoms in total. The summed E-state index contributed by atoms with van der Waals surface area (Å²) in [5.74, 6) is 0. The second-order valence-corrected chi connectivity index (χ2v) is 6.10. The average molecular weight is 348 g/mol. The lowest BCUT2D eigenvalue weighted by Gasteiger charge is -2.06. The van der Waals surface area contributed by atoms with E-state index in [0.29, 0.717) is 0 Å². The van der Waals surface area contributed by atoms with E-state index in [1.54, 1.807) is 0 Å². The molecule has 0 saturated carbocycles. The molecular formula is C22H14O4. The van der Waals surface area contributed by atoms with Crippen LogP contribution >= 0.6 is 0 Å². The summed E-state index contributed by atoms with van der Waals surface area (Å²) in [6, 6.07) is 10.9. The molecule has 0 N–H and O–H groups in total. The van der Waals surface area contributed by atoms with Crippen molar-refractivity contribution in [3.05, 3.63) is 80.1 Å². The van der Waals surface area contributed by atoms with E-state index in [-0.39, 0.29) is 55.0 Å². The van der Waals surface area contributed by atoms with Gasteiger partial charge in [-0.3, -0.25) is 9.59 Å². The second kappa shape index (κ2) is 5.05. The van der Waals surface area contributed by atoms with Gasteiger partial charge in [-0.25, -0.2) is 0 Å². The van der Waals surface area contributed by atoms with E-state index in [1.165, 1.54) is 48.5 Å². The van der Waals surface area contributed by atoms with Crippen molar-refractivity contribution in [3.63, 3.8) is 0 Å². The van der Waals surface area contributed by atoms with Crippen LogP contribution in [-0.4, -0.2) is 0 Å². The molecule has 0 bridgehead atoms. The maximum absolute atomic E-state index is 13.3. The molecule has 0 saturated heterocycles. The van der Waals surface area contributed by atoms with Gasteiger partial charge in [-0.2, -0.15) is 0 Å². The monoisotopic (exact) mass is 348 g/mol. The Hall–Kier alpha value is -3.40. The van der Waals surface area contributed by atoms with Gasteiger partial charge in [-0.05, 0) is 61.2 Å². The van der Waals surface area contributed by atoms with Crippen molar-refractivity contribution in [2.45, 2.75) is 13.7 Å². The standard InChI is InChI=1S/C22H14O4/c1-11-4-6-14-17(9-11)25-16-8-7-15-20(23)13-5-3-12(2)10-18(13)26-22(15)19(16)21(14)24/h3-10H,1-2H3/i1D3,2D3. The first kappa shape index (κ1) is 9.92. The van der Waals surface area contributed by atoms with E-state index >= 15 is 0 Å². The Morgan fingerprint density at radius 3 is 2.00 bits per heavy atom. The summed E-state index contributed by atoms with van der Waals surface area (Å²) in [5.41, 5.74) is -0.615. The highest BCUT2D eigenvalue weighted by Gasteiger charge is 2.16. The van der Waals surface area contributed by atoms with Crippen molar-refractivity contribution in [2.75, 3.05) is 0 Å². The molecule has 0 fully saturated rings. The van der Waals surface area contributed by atoms with Crippen LogP contribution < -0.4 is 10.9 Å². The van der Waals surface area contributed by atoms with Gasteiger partial charge in [-0.15, -0.1) is 0 Å². The Balaban J connectivity index is 1.91. The molecule has 0 unspecified atom stereocenters. The van der Waals surface area contributed by atoms with E-state index in [4.69, 9.17) is 17.1 Å². The molecule has 2 heterocycles. The van der Waals surface area contributed by atoms with Crippen molar-refractivity contribution in [3.8, 4) is 0 Å². The van der Waals surface area contributed by atoms with Gasteiger partial charge in [0.1, 0.15) is 22.1 Å². The van der Waals surface area contributed by atoms with Crippen LogP contribution in [-0.2, 0) is 0 Å². The molecular weight excluding hydrogens is 328 g/mol. The molecule has 5 rings (SSSR count). The molecule has 0 aliphatic heterocycles. The van der Waals surface area contributed by atoms with Crippen molar-refractivity contribution in [1.82, 2.24) is 0 Å². The number of fused-ring (bicyclic) bond motifs is 5. The lowest BCUT2D eigenvalue weighted by molar-refractivity contribution is 0.649. The summed E-state index contributed by atoms with van der Waals surface area (Å²) in [7, 11) is 0. The zero-order chi connectivity index (χ0) is 23.0. The van der Waals surface area contributed by atoms with E-state index < -0.39 is 24.6 Å². The van der Waals surface area contributed by atoms with Crippen molar-refractivity contribution in [1.29, 1.82) is 0 Å². The zero-order valence-electron chi connectivity index (χ0n) is 19.3. The number of hydrogen-bond acceptors (Lipinski definition) is 4. The van der Waals surface area contributed by atoms with Crippen LogP contribution in [0.4, 0.5) is 0 Å². The third-order valence-corrected chi connectivity index (χ3v) is 4.48. The van der Waals surface area contributed by atoms with Crippen molar-refractivity contribution in [2.24, 2.45) is 0 Å². The Morgan fingerprint density at radius 2 is 1.31 bits per heavy atom.